The van der Waals surface area contributed by atoms with Crippen molar-refractivity contribution in [2.24, 2.45) is 5.41 Å². The SMILES string of the molecule is CC(C)(C)C(=O)C[S+]1CCCC1.CCC(=O)C[S+]1CCCC1. The largest absolute Gasteiger partial charge is 0.294 e. The lowest BCUT2D eigenvalue weighted by atomic mass is 9.92. The van der Waals surface area contributed by atoms with E-state index >= 15 is 0 Å². The molecule has 0 bridgehead atoms. The van der Waals surface area contributed by atoms with Crippen LogP contribution in [0.5, 0.6) is 0 Å². The van der Waals surface area contributed by atoms with E-state index in [9.17, 15) is 9.59 Å². The molecule has 128 valence electrons. The molecule has 4 heteroatoms. The fraction of sp³-hybridized carbons (Fsp3) is 0.889. The summed E-state index contributed by atoms with van der Waals surface area (Å²) in [7, 11) is 0.940. The quantitative estimate of drug-likeness (QED) is 0.715. The topological polar surface area (TPSA) is 34.1 Å². The molecule has 2 fully saturated rings. The normalized spacial score (nSPS) is 19.8. The van der Waals surface area contributed by atoms with Crippen LogP contribution in [0.25, 0.3) is 0 Å². The highest BCUT2D eigenvalue weighted by Crippen LogP contribution is 2.20. The minimum atomic E-state index is -0.115. The molecule has 0 spiro atoms. The van der Waals surface area contributed by atoms with E-state index in [4.69, 9.17) is 0 Å². The van der Waals surface area contributed by atoms with Crippen LogP contribution in [0.4, 0.5) is 0 Å². The third kappa shape index (κ3) is 8.05. The molecule has 2 aliphatic rings. The molecule has 0 aromatic rings. The first-order chi connectivity index (χ1) is 10.3. The van der Waals surface area contributed by atoms with E-state index in [-0.39, 0.29) is 5.41 Å². The maximum atomic E-state index is 11.6. The van der Waals surface area contributed by atoms with Crippen LogP contribution in [0, 0.1) is 5.41 Å². The summed E-state index contributed by atoms with van der Waals surface area (Å²) in [5.41, 5.74) is -0.115. The van der Waals surface area contributed by atoms with Crippen molar-refractivity contribution in [1.29, 1.82) is 0 Å². The molecule has 22 heavy (non-hydrogen) atoms. The van der Waals surface area contributed by atoms with Crippen LogP contribution in [0.15, 0.2) is 0 Å². The van der Waals surface area contributed by atoms with Gasteiger partial charge in [-0.05, 0) is 47.5 Å². The maximum absolute atomic E-state index is 11.6. The number of carbonyl (C=O) groups excluding carboxylic acids is 2. The van der Waals surface area contributed by atoms with Gasteiger partial charge in [0.15, 0.2) is 23.1 Å². The van der Waals surface area contributed by atoms with E-state index in [2.05, 4.69) is 0 Å². The number of Topliss-reactive ketones (excluding diaryl/α,β-unsaturated/α-hetero) is 2. The Morgan fingerprint density at radius 2 is 1.23 bits per heavy atom. The van der Waals surface area contributed by atoms with Gasteiger partial charge in [0.1, 0.15) is 23.0 Å². The Morgan fingerprint density at radius 3 is 1.59 bits per heavy atom. The first-order valence-electron chi connectivity index (χ1n) is 8.66. The lowest BCUT2D eigenvalue weighted by molar-refractivity contribution is -0.123. The van der Waals surface area contributed by atoms with E-state index in [1.54, 1.807) is 0 Å². The summed E-state index contributed by atoms with van der Waals surface area (Å²) in [5, 5.41) is 0. The van der Waals surface area contributed by atoms with E-state index in [0.717, 1.165) is 17.9 Å². The number of hydrogen-bond donors (Lipinski definition) is 0. The van der Waals surface area contributed by atoms with E-state index in [1.807, 2.05) is 27.7 Å². The average molecular weight is 347 g/mol. The maximum Gasteiger partial charge on any atom is 0.187 e. The van der Waals surface area contributed by atoms with Gasteiger partial charge in [-0.25, -0.2) is 0 Å². The highest BCUT2D eigenvalue weighted by atomic mass is 32.2. The van der Waals surface area contributed by atoms with E-state index < -0.39 is 0 Å². The molecule has 0 aliphatic carbocycles. The van der Waals surface area contributed by atoms with Crippen LogP contribution in [-0.4, -0.2) is 46.1 Å². The zero-order chi connectivity index (χ0) is 16.6. The Morgan fingerprint density at radius 1 is 0.818 bits per heavy atom. The van der Waals surface area contributed by atoms with Gasteiger partial charge in [0.05, 0.1) is 0 Å². The Bertz CT molecular complexity index is 349. The molecule has 2 aliphatic heterocycles. The van der Waals surface area contributed by atoms with Crippen LogP contribution < -0.4 is 0 Å². The number of hydrogen-bond acceptors (Lipinski definition) is 2. The van der Waals surface area contributed by atoms with Crippen molar-refractivity contribution in [3.63, 3.8) is 0 Å². The van der Waals surface area contributed by atoms with E-state index in [1.165, 1.54) is 48.7 Å². The molecular weight excluding hydrogens is 312 g/mol. The Balaban J connectivity index is 0.000000224. The standard InChI is InChI=1S/C10H19OS.C8H15OS/c1-10(2,3)9(11)8-12-6-4-5-7-12;1-2-8(9)7-10-5-3-4-6-10/h4-8H2,1-3H3;2-7H2,1H3/q2*+1. The van der Waals surface area contributed by atoms with Gasteiger partial charge in [0, 0.05) is 11.8 Å². The number of carbonyl (C=O) groups is 2. The highest BCUT2D eigenvalue weighted by molar-refractivity contribution is 7.98. The molecule has 0 radical (unpaired) electrons. The molecule has 2 heterocycles. The second kappa shape index (κ2) is 10.0. The van der Waals surface area contributed by atoms with Crippen LogP contribution in [0.2, 0.25) is 0 Å². The number of rotatable bonds is 5. The smallest absolute Gasteiger partial charge is 0.187 e. The van der Waals surface area contributed by atoms with Gasteiger partial charge < -0.3 is 0 Å². The van der Waals surface area contributed by atoms with E-state index in [0.29, 0.717) is 33.4 Å². The molecule has 0 aromatic heterocycles. The molecule has 0 amide bonds. The third-order valence-corrected chi connectivity index (χ3v) is 9.03. The summed E-state index contributed by atoms with van der Waals surface area (Å²) in [4.78, 5) is 22.6. The van der Waals surface area contributed by atoms with Crippen molar-refractivity contribution in [3.8, 4) is 0 Å². The minimum absolute atomic E-state index is 0.115. The third-order valence-electron chi connectivity index (χ3n) is 4.16. The van der Waals surface area contributed by atoms with Gasteiger partial charge in [-0.2, -0.15) is 0 Å². The summed E-state index contributed by atoms with van der Waals surface area (Å²) in [5.74, 6) is 7.92. The van der Waals surface area contributed by atoms with Crippen molar-refractivity contribution in [3.05, 3.63) is 0 Å². The predicted octanol–water partition coefficient (Wildman–Crippen LogP) is 3.39. The molecular formula is C18H34O2S2+2. The molecule has 0 saturated carbocycles. The molecule has 2 rings (SSSR count). The first kappa shape index (κ1) is 20.1. The lowest BCUT2D eigenvalue weighted by Gasteiger charge is -2.14. The molecule has 0 atom stereocenters. The second-order valence-corrected chi connectivity index (χ2v) is 12.0. The van der Waals surface area contributed by atoms with Crippen LogP contribution in [-0.2, 0) is 31.4 Å². The van der Waals surface area contributed by atoms with Crippen LogP contribution in [0.1, 0.15) is 59.8 Å². The van der Waals surface area contributed by atoms with Gasteiger partial charge in [-0.3, -0.25) is 9.59 Å². The van der Waals surface area contributed by atoms with Gasteiger partial charge in [0.25, 0.3) is 0 Å². The van der Waals surface area contributed by atoms with Crippen molar-refractivity contribution in [2.75, 3.05) is 34.5 Å². The first-order valence-corrected chi connectivity index (χ1v) is 12.1. The fourth-order valence-electron chi connectivity index (χ4n) is 2.45. The van der Waals surface area contributed by atoms with Gasteiger partial charge in [-0.15, -0.1) is 0 Å². The Hall–Kier alpha value is 0.0400. The van der Waals surface area contributed by atoms with Crippen molar-refractivity contribution < 1.29 is 9.59 Å². The fourth-order valence-corrected chi connectivity index (χ4v) is 7.35. The van der Waals surface area contributed by atoms with Gasteiger partial charge in [-0.1, -0.05) is 27.7 Å². The van der Waals surface area contributed by atoms with Crippen molar-refractivity contribution in [1.82, 2.24) is 0 Å². The summed E-state index contributed by atoms with van der Waals surface area (Å²) >= 11 is 0. The zero-order valence-corrected chi connectivity index (χ0v) is 16.5. The Labute approximate surface area is 142 Å². The average Bonchev–Trinajstić information content (AvgIpc) is 3.11. The summed E-state index contributed by atoms with van der Waals surface area (Å²) in [6, 6.07) is 0. The Kier molecular flexibility index (Phi) is 9.15. The molecule has 2 saturated heterocycles. The summed E-state index contributed by atoms with van der Waals surface area (Å²) < 4.78 is 0. The van der Waals surface area contributed by atoms with Crippen LogP contribution in [0.3, 0.4) is 0 Å². The lowest BCUT2D eigenvalue weighted by Crippen LogP contribution is -2.28. The predicted molar refractivity (Wildman–Crippen MR) is 102 cm³/mol. The van der Waals surface area contributed by atoms with Gasteiger partial charge in [0.2, 0.25) is 0 Å². The molecule has 0 aromatic carbocycles. The van der Waals surface area contributed by atoms with Crippen molar-refractivity contribution in [2.45, 2.75) is 59.8 Å². The van der Waals surface area contributed by atoms with Crippen molar-refractivity contribution >= 4 is 33.4 Å². The molecule has 2 nitrogen and oxygen atoms in total. The zero-order valence-electron chi connectivity index (χ0n) is 14.9. The minimum Gasteiger partial charge on any atom is -0.294 e. The highest BCUT2D eigenvalue weighted by Gasteiger charge is 2.32. The van der Waals surface area contributed by atoms with Gasteiger partial charge >= 0.3 is 0 Å². The number of ketones is 2. The molecule has 0 N–H and O–H groups in total. The second-order valence-electron chi connectivity index (χ2n) is 7.31. The monoisotopic (exact) mass is 346 g/mol. The summed E-state index contributed by atoms with van der Waals surface area (Å²) in [6.45, 7) is 8.03. The molecule has 0 unspecified atom stereocenters. The van der Waals surface area contributed by atoms with Crippen LogP contribution >= 0.6 is 0 Å². The summed E-state index contributed by atoms with van der Waals surface area (Å²) in [6.07, 6.45) is 6.16.